The van der Waals surface area contributed by atoms with Gasteiger partial charge in [-0.3, -0.25) is 0 Å². The van der Waals surface area contributed by atoms with Crippen LogP contribution in [0.15, 0.2) is 67.0 Å². The first-order valence-corrected chi connectivity index (χ1v) is 8.57. The number of nitrogens with two attached hydrogens (primary N) is 1. The molecule has 0 saturated heterocycles. The van der Waals surface area contributed by atoms with E-state index in [4.69, 9.17) is 17.3 Å². The molecule has 0 unspecified atom stereocenters. The van der Waals surface area contributed by atoms with Gasteiger partial charge in [0.1, 0.15) is 17.8 Å². The fourth-order valence-electron chi connectivity index (χ4n) is 2.77. The van der Waals surface area contributed by atoms with Gasteiger partial charge >= 0.3 is 0 Å². The van der Waals surface area contributed by atoms with Crippen molar-refractivity contribution < 1.29 is 4.39 Å². The van der Waals surface area contributed by atoms with Crippen LogP contribution in [0, 0.1) is 5.82 Å². The zero-order chi connectivity index (χ0) is 18.8. The Kier molecular flexibility index (Phi) is 4.48. The quantitative estimate of drug-likeness (QED) is 0.437. The number of benzene rings is 3. The lowest BCUT2D eigenvalue weighted by Crippen LogP contribution is -2.05. The first-order chi connectivity index (χ1) is 13.1. The molecule has 4 N–H and O–H groups in total. The van der Waals surface area contributed by atoms with Crippen LogP contribution in [-0.4, -0.2) is 9.97 Å². The summed E-state index contributed by atoms with van der Waals surface area (Å²) in [5.41, 5.74) is 8.03. The predicted molar refractivity (Wildman–Crippen MR) is 108 cm³/mol. The maximum Gasteiger partial charge on any atom is 0.159 e. The topological polar surface area (TPSA) is 75.9 Å². The number of hydrogen-bond acceptors (Lipinski definition) is 5. The zero-order valence-corrected chi connectivity index (χ0v) is 14.8. The van der Waals surface area contributed by atoms with Crippen LogP contribution < -0.4 is 16.4 Å². The van der Waals surface area contributed by atoms with E-state index in [1.807, 2.05) is 42.5 Å². The van der Waals surface area contributed by atoms with Gasteiger partial charge in [0.05, 0.1) is 5.02 Å². The molecule has 4 rings (SSSR count). The predicted octanol–water partition coefficient (Wildman–Crippen LogP) is 5.49. The van der Waals surface area contributed by atoms with Crippen LogP contribution >= 0.6 is 11.6 Å². The van der Waals surface area contributed by atoms with Crippen molar-refractivity contribution in [2.75, 3.05) is 16.4 Å². The van der Waals surface area contributed by atoms with Crippen molar-refractivity contribution in [2.24, 2.45) is 0 Å². The van der Waals surface area contributed by atoms with E-state index >= 15 is 0 Å². The van der Waals surface area contributed by atoms with E-state index < -0.39 is 5.82 Å². The van der Waals surface area contributed by atoms with Crippen molar-refractivity contribution in [2.45, 2.75) is 0 Å². The Hall–Kier alpha value is -3.38. The van der Waals surface area contributed by atoms with Gasteiger partial charge in [-0.15, -0.1) is 0 Å². The van der Waals surface area contributed by atoms with Crippen LogP contribution in [0.3, 0.4) is 0 Å². The van der Waals surface area contributed by atoms with Gasteiger partial charge in [0, 0.05) is 16.8 Å². The molecule has 0 aliphatic carbocycles. The van der Waals surface area contributed by atoms with Crippen molar-refractivity contribution in [3.05, 3.63) is 77.8 Å². The fourth-order valence-corrected chi connectivity index (χ4v) is 2.95. The molecule has 0 radical (unpaired) electrons. The second-order valence-electron chi connectivity index (χ2n) is 5.89. The smallest absolute Gasteiger partial charge is 0.159 e. The van der Waals surface area contributed by atoms with E-state index in [0.717, 1.165) is 16.5 Å². The van der Waals surface area contributed by atoms with Crippen LogP contribution in [0.4, 0.5) is 33.1 Å². The van der Waals surface area contributed by atoms with Gasteiger partial charge < -0.3 is 16.4 Å². The van der Waals surface area contributed by atoms with E-state index in [9.17, 15) is 4.39 Å². The minimum absolute atomic E-state index is 0.0155. The highest BCUT2D eigenvalue weighted by Crippen LogP contribution is 2.31. The summed E-state index contributed by atoms with van der Waals surface area (Å²) in [6, 6.07) is 18.3. The van der Waals surface area contributed by atoms with Crippen molar-refractivity contribution >= 4 is 51.1 Å². The lowest BCUT2D eigenvalue weighted by molar-refractivity contribution is 0.628. The second kappa shape index (κ2) is 7.09. The molecule has 0 atom stereocenters. The number of hydrogen-bond donors (Lipinski definition) is 3. The molecule has 5 nitrogen and oxygen atoms in total. The van der Waals surface area contributed by atoms with Crippen molar-refractivity contribution in [3.63, 3.8) is 0 Å². The molecule has 0 amide bonds. The summed E-state index contributed by atoms with van der Waals surface area (Å²) in [5.74, 6) is 0.378. The molecule has 0 aliphatic heterocycles. The molecule has 1 heterocycles. The summed E-state index contributed by atoms with van der Waals surface area (Å²) in [6.45, 7) is 0. The number of aromatic nitrogens is 2. The van der Waals surface area contributed by atoms with Gasteiger partial charge in [0.2, 0.25) is 0 Å². The zero-order valence-electron chi connectivity index (χ0n) is 14.1. The van der Waals surface area contributed by atoms with E-state index in [2.05, 4.69) is 20.6 Å². The molecule has 3 aromatic carbocycles. The molecule has 0 bridgehead atoms. The largest absolute Gasteiger partial charge is 0.393 e. The minimum atomic E-state index is -0.490. The Balaban J connectivity index is 1.66. The Morgan fingerprint density at radius 1 is 0.889 bits per heavy atom. The number of nitrogens with one attached hydrogen (secondary N) is 2. The SMILES string of the molecule is Nc1c(Nc2ccc(F)c(Cl)c2)ncnc1Nc1cccc2ccccc12. The third kappa shape index (κ3) is 3.47. The van der Waals surface area contributed by atoms with Crippen LogP contribution in [0.25, 0.3) is 10.8 Å². The number of rotatable bonds is 4. The summed E-state index contributed by atoms with van der Waals surface area (Å²) >= 11 is 5.82. The Bertz CT molecular complexity index is 1130. The number of fused-ring (bicyclic) bond motifs is 1. The minimum Gasteiger partial charge on any atom is -0.393 e. The highest BCUT2D eigenvalue weighted by atomic mass is 35.5. The first-order valence-electron chi connectivity index (χ1n) is 8.19. The van der Waals surface area contributed by atoms with Gasteiger partial charge in [-0.2, -0.15) is 0 Å². The fraction of sp³-hybridized carbons (Fsp3) is 0. The van der Waals surface area contributed by atoms with Crippen molar-refractivity contribution in [1.82, 2.24) is 9.97 Å². The molecule has 134 valence electrons. The van der Waals surface area contributed by atoms with Crippen LogP contribution in [0.2, 0.25) is 5.02 Å². The summed E-state index contributed by atoms with van der Waals surface area (Å²) in [6.07, 6.45) is 1.40. The van der Waals surface area contributed by atoms with Crippen LogP contribution in [0.5, 0.6) is 0 Å². The van der Waals surface area contributed by atoms with Gasteiger partial charge in [0.15, 0.2) is 11.6 Å². The molecule has 4 aromatic rings. The van der Waals surface area contributed by atoms with E-state index in [-0.39, 0.29) is 5.02 Å². The second-order valence-corrected chi connectivity index (χ2v) is 6.30. The molecule has 0 saturated carbocycles. The van der Waals surface area contributed by atoms with E-state index in [1.165, 1.54) is 18.5 Å². The number of anilines is 5. The van der Waals surface area contributed by atoms with Crippen LogP contribution in [0.1, 0.15) is 0 Å². The normalized spacial score (nSPS) is 10.7. The molecular formula is C20H15ClFN5. The summed E-state index contributed by atoms with van der Waals surface area (Å²) in [4.78, 5) is 8.41. The summed E-state index contributed by atoms with van der Waals surface area (Å²) in [5, 5.41) is 8.47. The van der Waals surface area contributed by atoms with Crippen molar-refractivity contribution in [3.8, 4) is 0 Å². The summed E-state index contributed by atoms with van der Waals surface area (Å²) in [7, 11) is 0. The van der Waals surface area contributed by atoms with Crippen LogP contribution in [-0.2, 0) is 0 Å². The number of nitrogens with zero attached hydrogens (tertiary/aromatic N) is 2. The Morgan fingerprint density at radius 2 is 1.63 bits per heavy atom. The maximum absolute atomic E-state index is 13.3. The van der Waals surface area contributed by atoms with Gasteiger partial charge in [0.25, 0.3) is 0 Å². The molecule has 0 fully saturated rings. The monoisotopic (exact) mass is 379 g/mol. The maximum atomic E-state index is 13.3. The highest BCUT2D eigenvalue weighted by molar-refractivity contribution is 6.31. The lowest BCUT2D eigenvalue weighted by Gasteiger charge is -2.14. The highest BCUT2D eigenvalue weighted by Gasteiger charge is 2.11. The van der Waals surface area contributed by atoms with E-state index in [1.54, 1.807) is 6.07 Å². The first kappa shape index (κ1) is 17.1. The Labute approximate surface area is 160 Å². The van der Waals surface area contributed by atoms with Gasteiger partial charge in [-0.1, -0.05) is 48.0 Å². The molecule has 0 aliphatic rings. The average molecular weight is 380 g/mol. The average Bonchev–Trinajstić information content (AvgIpc) is 2.68. The number of halogens is 2. The molecule has 0 spiro atoms. The Morgan fingerprint density at radius 3 is 2.44 bits per heavy atom. The van der Waals surface area contributed by atoms with Gasteiger partial charge in [-0.25, -0.2) is 14.4 Å². The standard InChI is InChI=1S/C20H15ClFN5/c21-15-10-13(8-9-16(15)22)26-19-18(23)20(25-11-24-19)27-17-7-3-5-12-4-1-2-6-14(12)17/h1-11H,23H2,(H2,24,25,26,27). The van der Waals surface area contributed by atoms with E-state index in [0.29, 0.717) is 23.0 Å². The molecule has 27 heavy (non-hydrogen) atoms. The summed E-state index contributed by atoms with van der Waals surface area (Å²) < 4.78 is 13.3. The third-order valence-corrected chi connectivity index (χ3v) is 4.40. The molecule has 1 aromatic heterocycles. The molecule has 7 heteroatoms. The lowest BCUT2D eigenvalue weighted by atomic mass is 10.1. The van der Waals surface area contributed by atoms with Gasteiger partial charge in [-0.05, 0) is 29.7 Å². The van der Waals surface area contributed by atoms with Crippen molar-refractivity contribution in [1.29, 1.82) is 0 Å². The number of nitrogen functional groups attached to an aromatic ring is 1. The molecular weight excluding hydrogens is 365 g/mol. The third-order valence-electron chi connectivity index (χ3n) is 4.11.